The minimum absolute atomic E-state index is 0.136. The van der Waals surface area contributed by atoms with Gasteiger partial charge in [-0.1, -0.05) is 30.3 Å². The van der Waals surface area contributed by atoms with E-state index in [9.17, 15) is 37.2 Å². The molecule has 2 unspecified atom stereocenters. The summed E-state index contributed by atoms with van der Waals surface area (Å²) in [5.74, 6) is -3.92. The maximum absolute atomic E-state index is 13.4. The number of ether oxygens (including phenoxy) is 2. The van der Waals surface area contributed by atoms with Gasteiger partial charge in [0.2, 0.25) is 24.1 Å². The third kappa shape index (κ3) is 16.2. The number of carbonyl (C=O) groups excluding carboxylic acids is 6. The van der Waals surface area contributed by atoms with E-state index in [0.717, 1.165) is 23.1 Å². The lowest BCUT2D eigenvalue weighted by atomic mass is 10.1. The molecule has 0 aliphatic carbocycles. The van der Waals surface area contributed by atoms with Gasteiger partial charge in [-0.15, -0.1) is 0 Å². The van der Waals surface area contributed by atoms with E-state index in [2.05, 4.69) is 26.3 Å². The van der Waals surface area contributed by atoms with Crippen molar-refractivity contribution in [3.8, 4) is 0 Å². The molecule has 15 nitrogen and oxygen atoms in total. The summed E-state index contributed by atoms with van der Waals surface area (Å²) in [4.78, 5) is 80.2. The van der Waals surface area contributed by atoms with E-state index >= 15 is 0 Å². The number of hydrogen-bond acceptors (Lipinski definition) is 11. The molecule has 0 fully saturated rings. The van der Waals surface area contributed by atoms with Crippen LogP contribution in [0.3, 0.4) is 0 Å². The molecular formula is C33H45N5O10S. The third-order valence-electron chi connectivity index (χ3n) is 6.21. The monoisotopic (exact) mass is 703 g/mol. The molecule has 0 spiro atoms. The molecule has 2 rings (SSSR count). The number of rotatable bonds is 16. The molecule has 0 radical (unpaired) electrons. The summed E-state index contributed by atoms with van der Waals surface area (Å²) in [7, 11) is -3.60. The first-order valence-corrected chi connectivity index (χ1v) is 17.3. The minimum Gasteiger partial charge on any atom is -0.460 e. The molecule has 0 aliphatic heterocycles. The van der Waals surface area contributed by atoms with Crippen molar-refractivity contribution in [1.29, 1.82) is 0 Å². The quantitative estimate of drug-likeness (QED) is 0.143. The summed E-state index contributed by atoms with van der Waals surface area (Å²) in [6.45, 7) is 9.25. The predicted octanol–water partition coefficient (Wildman–Crippen LogP) is 1.000. The lowest BCUT2D eigenvalue weighted by Crippen LogP contribution is -2.55. The van der Waals surface area contributed by atoms with Gasteiger partial charge in [0.05, 0.1) is 30.9 Å². The van der Waals surface area contributed by atoms with E-state index in [0.29, 0.717) is 11.2 Å². The van der Waals surface area contributed by atoms with Crippen molar-refractivity contribution >= 4 is 56.8 Å². The minimum atomic E-state index is -3.60. The molecule has 0 bridgehead atoms. The zero-order chi connectivity index (χ0) is 37.0. The first kappa shape index (κ1) is 40.3. The zero-order valence-corrected chi connectivity index (χ0v) is 29.5. The summed E-state index contributed by atoms with van der Waals surface area (Å²) in [6.07, 6.45) is 1.26. The van der Waals surface area contributed by atoms with Crippen LogP contribution in [0.25, 0.3) is 10.9 Å². The number of carbonyl (C=O) groups is 6. The molecule has 4 amide bonds. The molecule has 16 heteroatoms. The Hall–Kier alpha value is -4.86. The largest absolute Gasteiger partial charge is 0.460 e. The van der Waals surface area contributed by atoms with Crippen LogP contribution in [0, 0.1) is 0 Å². The van der Waals surface area contributed by atoms with E-state index in [1.807, 2.05) is 12.1 Å². The molecule has 4 N–H and O–H groups in total. The average Bonchev–Trinajstić information content (AvgIpc) is 2.95. The molecule has 268 valence electrons. The van der Waals surface area contributed by atoms with Gasteiger partial charge in [0.15, 0.2) is 9.84 Å². The van der Waals surface area contributed by atoms with Gasteiger partial charge < -0.3 is 30.7 Å². The first-order valence-electron chi connectivity index (χ1n) is 15.4. The van der Waals surface area contributed by atoms with Crippen LogP contribution < -0.4 is 21.3 Å². The summed E-state index contributed by atoms with van der Waals surface area (Å²) in [5, 5.41) is 11.4. The fraction of sp³-hybridized carbons (Fsp3) is 0.485. The van der Waals surface area contributed by atoms with E-state index in [1.54, 1.807) is 65.8 Å². The molecule has 49 heavy (non-hydrogen) atoms. The van der Waals surface area contributed by atoms with Gasteiger partial charge in [-0.25, -0.2) is 8.42 Å². The summed E-state index contributed by atoms with van der Waals surface area (Å²) < 4.78 is 33.9. The van der Waals surface area contributed by atoms with E-state index < -0.39 is 88.2 Å². The van der Waals surface area contributed by atoms with E-state index in [1.165, 1.54) is 0 Å². The van der Waals surface area contributed by atoms with Gasteiger partial charge in [-0.2, -0.15) is 0 Å². The Balaban J connectivity index is 2.25. The van der Waals surface area contributed by atoms with Crippen molar-refractivity contribution in [2.75, 3.05) is 12.8 Å². The number of fused-ring (bicyclic) bond motifs is 1. The van der Waals surface area contributed by atoms with Gasteiger partial charge >= 0.3 is 11.9 Å². The van der Waals surface area contributed by atoms with Crippen LogP contribution in [-0.4, -0.2) is 91.6 Å². The molecule has 1 aromatic heterocycles. The van der Waals surface area contributed by atoms with Gasteiger partial charge in [-0.05, 0) is 53.7 Å². The van der Waals surface area contributed by atoms with Gasteiger partial charge in [0.1, 0.15) is 23.3 Å². The Labute approximate surface area is 285 Å². The number of benzene rings is 1. The fourth-order valence-electron chi connectivity index (χ4n) is 4.29. The van der Waals surface area contributed by atoms with Crippen LogP contribution in [0.1, 0.15) is 60.1 Å². The summed E-state index contributed by atoms with van der Waals surface area (Å²) >= 11 is 0. The van der Waals surface area contributed by atoms with Crippen LogP contribution >= 0.6 is 0 Å². The lowest BCUT2D eigenvalue weighted by Gasteiger charge is -2.24. The van der Waals surface area contributed by atoms with Crippen molar-refractivity contribution in [2.24, 2.45) is 0 Å². The van der Waals surface area contributed by atoms with Gasteiger partial charge in [0.25, 0.3) is 0 Å². The highest BCUT2D eigenvalue weighted by atomic mass is 32.2. The topological polar surface area (TPSA) is 216 Å². The number of hydrogen-bond donors (Lipinski definition) is 4. The van der Waals surface area contributed by atoms with E-state index in [4.69, 9.17) is 9.47 Å². The number of para-hydroxylation sites is 1. The molecule has 0 aliphatic rings. The Morgan fingerprint density at radius 3 is 2.04 bits per heavy atom. The van der Waals surface area contributed by atoms with Crippen LogP contribution in [-0.2, 0) is 54.5 Å². The highest BCUT2D eigenvalue weighted by Crippen LogP contribution is 2.14. The first-order chi connectivity index (χ1) is 22.6. The van der Waals surface area contributed by atoms with Crippen molar-refractivity contribution in [2.45, 2.75) is 90.1 Å². The highest BCUT2D eigenvalue weighted by Gasteiger charge is 2.30. The number of sulfone groups is 1. The Morgan fingerprint density at radius 2 is 1.45 bits per heavy atom. The molecule has 0 saturated carbocycles. The Bertz CT molecular complexity index is 1660. The second-order valence-electron chi connectivity index (χ2n) is 13.2. The predicted molar refractivity (Wildman–Crippen MR) is 180 cm³/mol. The summed E-state index contributed by atoms with van der Waals surface area (Å²) in [5.41, 5.74) is -0.629. The Morgan fingerprint density at radius 1 is 0.837 bits per heavy atom. The lowest BCUT2D eigenvalue weighted by molar-refractivity contribution is -0.157. The second kappa shape index (κ2) is 17.5. The van der Waals surface area contributed by atoms with Crippen LogP contribution in [0.2, 0.25) is 0 Å². The van der Waals surface area contributed by atoms with Crippen molar-refractivity contribution in [3.63, 3.8) is 0 Å². The van der Waals surface area contributed by atoms with Crippen molar-refractivity contribution < 1.29 is 46.7 Å². The third-order valence-corrected chi connectivity index (χ3v) is 6.86. The van der Waals surface area contributed by atoms with Crippen molar-refractivity contribution in [3.05, 3.63) is 53.6 Å². The molecular weight excluding hydrogens is 658 g/mol. The summed E-state index contributed by atoms with van der Waals surface area (Å²) in [6, 6.07) is 6.90. The number of pyridine rings is 1. The number of nitrogens with zero attached hydrogens (tertiary/aromatic N) is 1. The van der Waals surface area contributed by atoms with Crippen LogP contribution in [0.4, 0.5) is 0 Å². The number of esters is 2. The van der Waals surface area contributed by atoms with Gasteiger partial charge in [-0.3, -0.25) is 33.8 Å². The molecule has 1 aromatic carbocycles. The number of aromatic nitrogens is 1. The molecule has 3 atom stereocenters. The maximum Gasteiger partial charge on any atom is 0.308 e. The normalized spacial score (nSPS) is 13.9. The second-order valence-corrected chi connectivity index (χ2v) is 15.2. The van der Waals surface area contributed by atoms with E-state index in [-0.39, 0.29) is 12.8 Å². The van der Waals surface area contributed by atoms with Crippen LogP contribution in [0.5, 0.6) is 0 Å². The molecule has 0 saturated heterocycles. The molecule has 1 heterocycles. The van der Waals surface area contributed by atoms with Crippen molar-refractivity contribution in [1.82, 2.24) is 26.3 Å². The smallest absolute Gasteiger partial charge is 0.308 e. The van der Waals surface area contributed by atoms with Gasteiger partial charge in [0, 0.05) is 29.2 Å². The molecule has 2 aromatic rings. The SMILES string of the molecule is CC(C)(C)OC(=O)CC(/C=C/S(C)(=O)=O)NC(=O)CNC(=O)C(Cc1ccc2ccccc2n1)NC(=O)[C@H](CC(=O)OC(C)(C)C)NC=O. The number of amides is 4. The Kier molecular flexibility index (Phi) is 14.4. The fourth-order valence-corrected chi connectivity index (χ4v) is 4.76. The maximum atomic E-state index is 13.4. The average molecular weight is 704 g/mol. The standard InChI is InChI=1S/C33H45N5O10S/c1-32(2,3)47-28(41)17-23(14-15-49(7,45)46)37-27(40)19-34-30(43)26(16-22-13-12-21-10-8-9-11-24(21)36-22)38-31(44)25(35-20-39)18-29(42)48-33(4,5)6/h8-15,20,23,25-26H,16-19H2,1-7H3,(H,34,43)(H,35,39)(H,37,40)(H,38,44)/b15-14+/t23?,25-,26?/m0/s1. The zero-order valence-electron chi connectivity index (χ0n) is 28.7. The highest BCUT2D eigenvalue weighted by molar-refractivity contribution is 7.93. The number of nitrogens with one attached hydrogen (secondary N) is 4. The van der Waals surface area contributed by atoms with Crippen LogP contribution in [0.15, 0.2) is 47.9 Å².